The van der Waals surface area contributed by atoms with Gasteiger partial charge >= 0.3 is 5.97 Å². The van der Waals surface area contributed by atoms with E-state index in [0.29, 0.717) is 31.9 Å². The Morgan fingerprint density at radius 1 is 1.24 bits per heavy atom. The fourth-order valence-electron chi connectivity index (χ4n) is 4.79. The van der Waals surface area contributed by atoms with Gasteiger partial charge in [-0.15, -0.1) is 0 Å². The molecule has 37 heavy (non-hydrogen) atoms. The molecule has 1 aliphatic heterocycles. The Balaban J connectivity index is 1.66. The molecule has 3 heterocycles. The Labute approximate surface area is 217 Å². The van der Waals surface area contributed by atoms with Gasteiger partial charge in [0.15, 0.2) is 0 Å². The van der Waals surface area contributed by atoms with Crippen molar-refractivity contribution in [3.63, 3.8) is 0 Å². The number of aliphatic hydroxyl groups excluding tert-OH is 1. The topological polar surface area (TPSA) is 108 Å². The molecule has 9 heteroatoms. The lowest BCUT2D eigenvalue weighted by Gasteiger charge is -2.26. The highest BCUT2D eigenvalue weighted by molar-refractivity contribution is 5.82. The molecule has 4 rings (SSSR count). The van der Waals surface area contributed by atoms with Gasteiger partial charge in [-0.1, -0.05) is 19.9 Å². The average Bonchev–Trinajstić information content (AvgIpc) is 3.25. The standard InChI is InChI=1S/C28H38N4O5/c1-17(2)16-37-28(35)25(19(4)33)29-14-20-6-7-24-23(13-20)30-26(32(24)22-8-10-36-11-9-22)21-12-18(3)27(34)31(5)15-21/h6-7,12-13,15,17,19,22,25,29,33H,8-11,14,16H2,1-5H3. The monoisotopic (exact) mass is 510 g/mol. The Morgan fingerprint density at radius 2 is 1.97 bits per heavy atom. The van der Waals surface area contributed by atoms with Crippen LogP contribution in [-0.4, -0.2) is 57.2 Å². The van der Waals surface area contributed by atoms with Crippen LogP contribution in [0, 0.1) is 12.8 Å². The van der Waals surface area contributed by atoms with Crippen molar-refractivity contribution >= 4 is 17.0 Å². The summed E-state index contributed by atoms with van der Waals surface area (Å²) in [5, 5.41) is 13.3. The fourth-order valence-corrected chi connectivity index (χ4v) is 4.79. The van der Waals surface area contributed by atoms with E-state index in [9.17, 15) is 14.7 Å². The van der Waals surface area contributed by atoms with Gasteiger partial charge in [0.2, 0.25) is 0 Å². The lowest BCUT2D eigenvalue weighted by molar-refractivity contribution is -0.150. The summed E-state index contributed by atoms with van der Waals surface area (Å²) in [5.41, 5.74) is 4.33. The molecule has 0 radical (unpaired) electrons. The maximum Gasteiger partial charge on any atom is 0.325 e. The molecule has 1 saturated heterocycles. The van der Waals surface area contributed by atoms with E-state index in [1.54, 1.807) is 18.5 Å². The second kappa shape index (κ2) is 11.6. The zero-order valence-electron chi connectivity index (χ0n) is 22.4. The molecular formula is C28H38N4O5. The summed E-state index contributed by atoms with van der Waals surface area (Å²) in [6.07, 6.45) is 2.73. The Kier molecular flexibility index (Phi) is 8.46. The SMILES string of the molecule is Cc1cc(-c2nc3cc(CNC(C(=O)OCC(C)C)C(C)O)ccc3n2C2CCOCC2)cn(C)c1=O. The van der Waals surface area contributed by atoms with E-state index < -0.39 is 18.1 Å². The molecule has 9 nitrogen and oxygen atoms in total. The first-order valence-corrected chi connectivity index (χ1v) is 13.0. The second-order valence-corrected chi connectivity index (χ2v) is 10.4. The quantitative estimate of drug-likeness (QED) is 0.426. The number of carbonyl (C=O) groups excluding carboxylic acids is 1. The summed E-state index contributed by atoms with van der Waals surface area (Å²) in [5.74, 6) is 0.586. The predicted molar refractivity (Wildman–Crippen MR) is 142 cm³/mol. The number of nitrogens with zero attached hydrogens (tertiary/aromatic N) is 3. The number of rotatable bonds is 9. The number of hydrogen-bond donors (Lipinski definition) is 2. The van der Waals surface area contributed by atoms with Crippen LogP contribution in [0.1, 0.15) is 50.8 Å². The van der Waals surface area contributed by atoms with Crippen molar-refractivity contribution in [3.8, 4) is 11.4 Å². The molecule has 1 fully saturated rings. The largest absolute Gasteiger partial charge is 0.464 e. The number of ether oxygens (including phenoxy) is 2. The number of aryl methyl sites for hydroxylation is 2. The minimum Gasteiger partial charge on any atom is -0.464 e. The van der Waals surface area contributed by atoms with Crippen LogP contribution in [0.3, 0.4) is 0 Å². The molecule has 2 atom stereocenters. The molecular weight excluding hydrogens is 472 g/mol. The Morgan fingerprint density at radius 3 is 2.62 bits per heavy atom. The van der Waals surface area contributed by atoms with Crippen molar-refractivity contribution in [2.45, 2.75) is 65.3 Å². The van der Waals surface area contributed by atoms with Gasteiger partial charge in [0, 0.05) is 50.2 Å². The van der Waals surface area contributed by atoms with E-state index in [1.807, 2.05) is 45.2 Å². The van der Waals surface area contributed by atoms with E-state index in [-0.39, 0.29) is 17.5 Å². The summed E-state index contributed by atoms with van der Waals surface area (Å²) in [7, 11) is 1.76. The van der Waals surface area contributed by atoms with Crippen LogP contribution in [-0.2, 0) is 27.9 Å². The minimum absolute atomic E-state index is 0.0228. The van der Waals surface area contributed by atoms with Gasteiger partial charge in [-0.2, -0.15) is 0 Å². The van der Waals surface area contributed by atoms with Gasteiger partial charge in [0.1, 0.15) is 11.9 Å². The number of imidazole rings is 1. The fraction of sp³-hybridized carbons (Fsp3) is 0.536. The highest BCUT2D eigenvalue weighted by atomic mass is 16.5. The lowest BCUT2D eigenvalue weighted by atomic mass is 10.1. The first-order valence-electron chi connectivity index (χ1n) is 13.0. The van der Waals surface area contributed by atoms with Crippen molar-refractivity contribution < 1.29 is 19.4 Å². The Bertz CT molecular complexity index is 1280. The molecule has 2 aromatic heterocycles. The lowest BCUT2D eigenvalue weighted by Crippen LogP contribution is -2.45. The summed E-state index contributed by atoms with van der Waals surface area (Å²) >= 11 is 0. The number of esters is 1. The maximum absolute atomic E-state index is 12.5. The van der Waals surface area contributed by atoms with E-state index in [0.717, 1.165) is 40.8 Å². The van der Waals surface area contributed by atoms with Crippen LogP contribution in [0.5, 0.6) is 0 Å². The van der Waals surface area contributed by atoms with Gasteiger partial charge in [-0.05, 0) is 56.4 Å². The first kappa shape index (κ1) is 27.0. The highest BCUT2D eigenvalue weighted by Gasteiger charge is 2.26. The average molecular weight is 511 g/mol. The first-order chi connectivity index (χ1) is 17.7. The Hall–Kier alpha value is -3.01. The van der Waals surface area contributed by atoms with Crippen molar-refractivity contribution in [1.29, 1.82) is 0 Å². The van der Waals surface area contributed by atoms with Gasteiger partial charge in [-0.3, -0.25) is 14.9 Å². The zero-order chi connectivity index (χ0) is 26.7. The van der Waals surface area contributed by atoms with E-state index in [4.69, 9.17) is 14.5 Å². The molecule has 1 aromatic carbocycles. The summed E-state index contributed by atoms with van der Waals surface area (Å²) in [6.45, 7) is 9.43. The molecule has 2 N–H and O–H groups in total. The molecule has 200 valence electrons. The van der Waals surface area contributed by atoms with Crippen molar-refractivity contribution in [3.05, 3.63) is 51.9 Å². The van der Waals surface area contributed by atoms with Crippen LogP contribution >= 0.6 is 0 Å². The third kappa shape index (κ3) is 6.11. The van der Waals surface area contributed by atoms with Gasteiger partial charge < -0.3 is 23.7 Å². The third-order valence-electron chi connectivity index (χ3n) is 6.75. The van der Waals surface area contributed by atoms with Crippen LogP contribution in [0.25, 0.3) is 22.4 Å². The van der Waals surface area contributed by atoms with Crippen molar-refractivity contribution in [1.82, 2.24) is 19.4 Å². The maximum atomic E-state index is 12.5. The van der Waals surface area contributed by atoms with Crippen molar-refractivity contribution in [2.75, 3.05) is 19.8 Å². The van der Waals surface area contributed by atoms with Gasteiger partial charge in [-0.25, -0.2) is 4.98 Å². The molecule has 0 amide bonds. The van der Waals surface area contributed by atoms with E-state index >= 15 is 0 Å². The number of pyridine rings is 1. The van der Waals surface area contributed by atoms with Gasteiger partial charge in [0.25, 0.3) is 5.56 Å². The molecule has 0 saturated carbocycles. The summed E-state index contributed by atoms with van der Waals surface area (Å²) in [6, 6.07) is 7.40. The third-order valence-corrected chi connectivity index (χ3v) is 6.75. The van der Waals surface area contributed by atoms with Gasteiger partial charge in [0.05, 0.1) is 23.7 Å². The number of aliphatic hydroxyl groups is 1. The number of hydrogen-bond acceptors (Lipinski definition) is 7. The number of nitrogens with one attached hydrogen (secondary N) is 1. The van der Waals surface area contributed by atoms with E-state index in [2.05, 4.69) is 16.0 Å². The summed E-state index contributed by atoms with van der Waals surface area (Å²) < 4.78 is 14.8. The van der Waals surface area contributed by atoms with Crippen molar-refractivity contribution in [2.24, 2.45) is 13.0 Å². The van der Waals surface area contributed by atoms with Crippen LogP contribution in [0.15, 0.2) is 35.3 Å². The van der Waals surface area contributed by atoms with Crippen LogP contribution in [0.2, 0.25) is 0 Å². The normalized spacial score (nSPS) is 16.3. The smallest absolute Gasteiger partial charge is 0.325 e. The second-order valence-electron chi connectivity index (χ2n) is 10.4. The molecule has 0 bridgehead atoms. The van der Waals surface area contributed by atoms with Crippen LogP contribution < -0.4 is 10.9 Å². The molecule has 0 aliphatic carbocycles. The predicted octanol–water partition coefficient (Wildman–Crippen LogP) is 3.10. The minimum atomic E-state index is -0.893. The number of carbonyl (C=O) groups is 1. The summed E-state index contributed by atoms with van der Waals surface area (Å²) in [4.78, 5) is 29.8. The van der Waals surface area contributed by atoms with Crippen LogP contribution in [0.4, 0.5) is 0 Å². The molecule has 0 spiro atoms. The number of aromatic nitrogens is 3. The zero-order valence-corrected chi connectivity index (χ0v) is 22.4. The number of fused-ring (bicyclic) bond motifs is 1. The molecule has 1 aliphatic rings. The highest BCUT2D eigenvalue weighted by Crippen LogP contribution is 2.33. The van der Waals surface area contributed by atoms with E-state index in [1.165, 1.54) is 0 Å². The molecule has 3 aromatic rings. The molecule has 2 unspecified atom stereocenters. The number of benzene rings is 1.